The number of hydrogen-bond donors (Lipinski definition) is 3. The Hall–Kier alpha value is -4.54. The van der Waals surface area contributed by atoms with Crippen LogP contribution in [0.5, 0.6) is 0 Å². The fourth-order valence-corrected chi connectivity index (χ4v) is 2.53. The minimum Gasteiger partial charge on any atom is -0.444 e. The number of hydrogen-bond acceptors (Lipinski definition) is 8. The SMILES string of the molecule is NC(=O)c1nn(-c2ccccn2)cc1NC(=O)c1coc(-c2ccnc(N)c2)n1. The van der Waals surface area contributed by atoms with Crippen molar-refractivity contribution in [1.82, 2.24) is 24.7 Å². The molecule has 29 heavy (non-hydrogen) atoms. The molecule has 0 saturated carbocycles. The van der Waals surface area contributed by atoms with Crippen molar-refractivity contribution in [2.45, 2.75) is 0 Å². The van der Waals surface area contributed by atoms with Crippen molar-refractivity contribution in [3.05, 3.63) is 66.6 Å². The fourth-order valence-electron chi connectivity index (χ4n) is 2.53. The molecule has 0 atom stereocenters. The van der Waals surface area contributed by atoms with Crippen molar-refractivity contribution >= 4 is 23.3 Å². The molecule has 0 spiro atoms. The van der Waals surface area contributed by atoms with Gasteiger partial charge in [0.25, 0.3) is 11.8 Å². The number of nitrogen functional groups attached to an aromatic ring is 1. The summed E-state index contributed by atoms with van der Waals surface area (Å²) >= 11 is 0. The molecule has 0 aromatic carbocycles. The van der Waals surface area contributed by atoms with E-state index in [1.807, 2.05) is 0 Å². The van der Waals surface area contributed by atoms with Crippen molar-refractivity contribution in [2.75, 3.05) is 11.1 Å². The Morgan fingerprint density at radius 2 is 2.00 bits per heavy atom. The number of rotatable bonds is 5. The molecular weight excluding hydrogens is 376 g/mol. The highest BCUT2D eigenvalue weighted by Gasteiger charge is 2.20. The van der Waals surface area contributed by atoms with Crippen LogP contribution in [0.1, 0.15) is 21.0 Å². The number of primary amides is 1. The molecule has 11 nitrogen and oxygen atoms in total. The largest absolute Gasteiger partial charge is 0.444 e. The van der Waals surface area contributed by atoms with Gasteiger partial charge in [0.1, 0.15) is 12.1 Å². The molecule has 0 radical (unpaired) electrons. The molecule has 4 aromatic rings. The number of carbonyl (C=O) groups excluding carboxylic acids is 2. The molecular formula is C18H14N8O3. The number of anilines is 2. The number of nitrogens with two attached hydrogens (primary N) is 2. The second-order valence-corrected chi connectivity index (χ2v) is 5.85. The minimum absolute atomic E-state index is 0.00334. The van der Waals surface area contributed by atoms with E-state index in [-0.39, 0.29) is 23.0 Å². The van der Waals surface area contributed by atoms with Gasteiger partial charge in [0.05, 0.1) is 11.9 Å². The lowest BCUT2D eigenvalue weighted by Gasteiger charge is -2.00. The molecule has 0 aliphatic carbocycles. The quantitative estimate of drug-likeness (QED) is 0.457. The van der Waals surface area contributed by atoms with Crippen LogP contribution >= 0.6 is 0 Å². The molecule has 0 aliphatic heterocycles. The van der Waals surface area contributed by atoms with Crippen LogP contribution in [0.25, 0.3) is 17.3 Å². The molecule has 11 heteroatoms. The van der Waals surface area contributed by atoms with Gasteiger partial charge in [-0.25, -0.2) is 19.6 Å². The summed E-state index contributed by atoms with van der Waals surface area (Å²) in [5.41, 5.74) is 11.6. The van der Waals surface area contributed by atoms with E-state index in [1.165, 1.54) is 23.3 Å². The Kier molecular flexibility index (Phi) is 4.45. The maximum absolute atomic E-state index is 12.6. The maximum atomic E-state index is 12.6. The number of nitrogens with one attached hydrogen (secondary N) is 1. The third kappa shape index (κ3) is 3.64. The van der Waals surface area contributed by atoms with Crippen molar-refractivity contribution in [3.63, 3.8) is 0 Å². The highest BCUT2D eigenvalue weighted by Crippen LogP contribution is 2.21. The molecule has 0 fully saturated rings. The number of pyridine rings is 2. The highest BCUT2D eigenvalue weighted by molar-refractivity contribution is 6.07. The predicted octanol–water partition coefficient (Wildman–Crippen LogP) is 1.25. The highest BCUT2D eigenvalue weighted by atomic mass is 16.3. The van der Waals surface area contributed by atoms with Crippen molar-refractivity contribution in [1.29, 1.82) is 0 Å². The normalized spacial score (nSPS) is 10.6. The van der Waals surface area contributed by atoms with Gasteiger partial charge in [-0.2, -0.15) is 5.10 Å². The van der Waals surface area contributed by atoms with Gasteiger partial charge in [0.2, 0.25) is 5.89 Å². The number of oxazole rings is 1. The topological polar surface area (TPSA) is 168 Å². The van der Waals surface area contributed by atoms with Gasteiger partial charge < -0.3 is 21.2 Å². The average molecular weight is 390 g/mol. The van der Waals surface area contributed by atoms with Gasteiger partial charge >= 0.3 is 0 Å². The van der Waals surface area contributed by atoms with Crippen LogP contribution in [0.3, 0.4) is 0 Å². The van der Waals surface area contributed by atoms with E-state index in [0.717, 1.165) is 0 Å². The zero-order valence-electron chi connectivity index (χ0n) is 14.8. The van der Waals surface area contributed by atoms with Crippen LogP contribution < -0.4 is 16.8 Å². The summed E-state index contributed by atoms with van der Waals surface area (Å²) in [5.74, 6) is -0.467. The van der Waals surface area contributed by atoms with Crippen LogP contribution in [0, 0.1) is 0 Å². The maximum Gasteiger partial charge on any atom is 0.277 e. The third-order valence-corrected chi connectivity index (χ3v) is 3.84. The minimum atomic E-state index is -0.803. The van der Waals surface area contributed by atoms with Crippen LogP contribution in [-0.2, 0) is 0 Å². The van der Waals surface area contributed by atoms with Gasteiger partial charge in [0.15, 0.2) is 17.2 Å². The molecule has 4 rings (SSSR count). The lowest BCUT2D eigenvalue weighted by Crippen LogP contribution is -2.18. The zero-order valence-corrected chi connectivity index (χ0v) is 14.8. The van der Waals surface area contributed by atoms with Gasteiger partial charge in [-0.05, 0) is 24.3 Å². The molecule has 2 amide bonds. The first-order valence-corrected chi connectivity index (χ1v) is 8.31. The molecule has 4 aromatic heterocycles. The summed E-state index contributed by atoms with van der Waals surface area (Å²) in [4.78, 5) is 36.5. The molecule has 0 aliphatic rings. The summed E-state index contributed by atoms with van der Waals surface area (Å²) in [6.45, 7) is 0. The first-order chi connectivity index (χ1) is 14.0. The van der Waals surface area contributed by atoms with E-state index >= 15 is 0 Å². The van der Waals surface area contributed by atoms with Gasteiger partial charge in [-0.3, -0.25) is 9.59 Å². The molecule has 4 heterocycles. The Morgan fingerprint density at radius 1 is 1.14 bits per heavy atom. The molecule has 5 N–H and O–H groups in total. The Labute approximate surface area is 163 Å². The standard InChI is InChI=1S/C18H14N8O3/c19-13-7-10(4-6-21-13)18-24-12(9-29-18)17(28)23-11-8-26(25-15(11)16(20)27)14-3-1-2-5-22-14/h1-9H,(H2,19,21)(H2,20,27)(H,23,28). The first-order valence-electron chi connectivity index (χ1n) is 8.31. The molecule has 0 bridgehead atoms. The lowest BCUT2D eigenvalue weighted by atomic mass is 10.2. The molecule has 144 valence electrons. The Balaban J connectivity index is 1.60. The number of nitrogens with zero attached hydrogens (tertiary/aromatic N) is 5. The monoisotopic (exact) mass is 390 g/mol. The van der Waals surface area contributed by atoms with Crippen LogP contribution in [0.15, 0.2) is 59.6 Å². The average Bonchev–Trinajstić information content (AvgIpc) is 3.36. The van der Waals surface area contributed by atoms with Crippen molar-refractivity contribution in [3.8, 4) is 17.3 Å². The van der Waals surface area contributed by atoms with Crippen LogP contribution in [-0.4, -0.2) is 36.5 Å². The van der Waals surface area contributed by atoms with Crippen LogP contribution in [0.4, 0.5) is 11.5 Å². The lowest BCUT2D eigenvalue weighted by molar-refractivity contribution is 0.0996. The van der Waals surface area contributed by atoms with Crippen molar-refractivity contribution in [2.24, 2.45) is 5.73 Å². The first kappa shape index (κ1) is 17.9. The fraction of sp³-hybridized carbons (Fsp3) is 0. The summed E-state index contributed by atoms with van der Waals surface area (Å²) in [5, 5.41) is 6.65. The summed E-state index contributed by atoms with van der Waals surface area (Å²) in [7, 11) is 0. The second kappa shape index (κ2) is 7.23. The molecule has 0 saturated heterocycles. The van der Waals surface area contributed by atoms with E-state index in [0.29, 0.717) is 17.2 Å². The zero-order chi connectivity index (χ0) is 20.4. The number of aromatic nitrogens is 5. The predicted molar refractivity (Wildman–Crippen MR) is 102 cm³/mol. The van der Waals surface area contributed by atoms with E-state index in [2.05, 4.69) is 25.4 Å². The Morgan fingerprint density at radius 3 is 2.72 bits per heavy atom. The smallest absolute Gasteiger partial charge is 0.277 e. The Bertz CT molecular complexity index is 1200. The number of carbonyl (C=O) groups is 2. The third-order valence-electron chi connectivity index (χ3n) is 3.84. The van der Waals surface area contributed by atoms with E-state index in [9.17, 15) is 9.59 Å². The summed E-state index contributed by atoms with van der Waals surface area (Å²) < 4.78 is 6.68. The molecule has 0 unspecified atom stereocenters. The van der Waals surface area contributed by atoms with E-state index in [4.69, 9.17) is 15.9 Å². The van der Waals surface area contributed by atoms with Gasteiger partial charge in [-0.1, -0.05) is 6.07 Å². The van der Waals surface area contributed by atoms with E-state index in [1.54, 1.807) is 36.5 Å². The summed E-state index contributed by atoms with van der Waals surface area (Å²) in [6, 6.07) is 8.40. The van der Waals surface area contributed by atoms with E-state index < -0.39 is 11.8 Å². The van der Waals surface area contributed by atoms with Crippen LogP contribution in [0.2, 0.25) is 0 Å². The van der Waals surface area contributed by atoms with Gasteiger partial charge in [-0.15, -0.1) is 0 Å². The van der Waals surface area contributed by atoms with Crippen molar-refractivity contribution < 1.29 is 14.0 Å². The number of amides is 2. The summed E-state index contributed by atoms with van der Waals surface area (Å²) in [6.07, 6.45) is 5.70. The van der Waals surface area contributed by atoms with Gasteiger partial charge in [0, 0.05) is 18.0 Å². The second-order valence-electron chi connectivity index (χ2n) is 5.85.